The SMILES string of the molecule is COc1ccc(-c2cc(C(=O)N(CCC#N)CCN3CCOCC3)sc2C)cc1. The Labute approximate surface area is 176 Å². The fraction of sp³-hybridized carbons (Fsp3) is 0.455. The number of morpholine rings is 1. The third-order valence-electron chi connectivity index (χ3n) is 5.10. The summed E-state index contributed by atoms with van der Waals surface area (Å²) in [6.07, 6.45) is 0.338. The van der Waals surface area contributed by atoms with E-state index >= 15 is 0 Å². The summed E-state index contributed by atoms with van der Waals surface area (Å²) < 4.78 is 10.6. The Hall–Kier alpha value is -2.40. The van der Waals surface area contributed by atoms with Crippen molar-refractivity contribution in [3.8, 4) is 22.9 Å². The van der Waals surface area contributed by atoms with Gasteiger partial charge in [-0.3, -0.25) is 9.69 Å². The zero-order chi connectivity index (χ0) is 20.6. The summed E-state index contributed by atoms with van der Waals surface area (Å²) >= 11 is 1.51. The molecule has 0 N–H and O–H groups in total. The van der Waals surface area contributed by atoms with Gasteiger partial charge in [0.1, 0.15) is 5.75 Å². The van der Waals surface area contributed by atoms with Gasteiger partial charge >= 0.3 is 0 Å². The number of hydrogen-bond donors (Lipinski definition) is 0. The van der Waals surface area contributed by atoms with Crippen molar-refractivity contribution < 1.29 is 14.3 Å². The Morgan fingerprint density at radius 3 is 2.66 bits per heavy atom. The number of rotatable bonds is 8. The summed E-state index contributed by atoms with van der Waals surface area (Å²) in [5.41, 5.74) is 2.13. The van der Waals surface area contributed by atoms with E-state index < -0.39 is 0 Å². The second-order valence-corrected chi connectivity index (χ2v) is 8.22. The van der Waals surface area contributed by atoms with E-state index in [1.54, 1.807) is 7.11 Å². The molecule has 1 aromatic heterocycles. The van der Waals surface area contributed by atoms with Gasteiger partial charge in [-0.25, -0.2) is 0 Å². The van der Waals surface area contributed by atoms with Crippen LogP contribution < -0.4 is 4.74 Å². The van der Waals surface area contributed by atoms with Crippen LogP contribution in [0.5, 0.6) is 5.75 Å². The largest absolute Gasteiger partial charge is 0.497 e. The molecular formula is C22H27N3O3S. The minimum absolute atomic E-state index is 0.00127. The highest BCUT2D eigenvalue weighted by Gasteiger charge is 2.21. The van der Waals surface area contributed by atoms with Crippen LogP contribution >= 0.6 is 11.3 Å². The molecule has 0 aliphatic carbocycles. The van der Waals surface area contributed by atoms with Crippen LogP contribution in [-0.2, 0) is 4.74 Å². The van der Waals surface area contributed by atoms with Gasteiger partial charge in [0.15, 0.2) is 0 Å². The Morgan fingerprint density at radius 2 is 2.00 bits per heavy atom. The number of ether oxygens (including phenoxy) is 2. The van der Waals surface area contributed by atoms with Gasteiger partial charge in [-0.1, -0.05) is 12.1 Å². The molecule has 3 rings (SSSR count). The molecule has 154 valence electrons. The lowest BCUT2D eigenvalue weighted by molar-refractivity contribution is 0.0327. The molecule has 2 heterocycles. The molecule has 6 nitrogen and oxygen atoms in total. The molecule has 0 spiro atoms. The van der Waals surface area contributed by atoms with E-state index in [4.69, 9.17) is 14.7 Å². The quantitative estimate of drug-likeness (QED) is 0.663. The molecule has 0 unspecified atom stereocenters. The first-order valence-electron chi connectivity index (χ1n) is 9.83. The topological polar surface area (TPSA) is 65.8 Å². The zero-order valence-electron chi connectivity index (χ0n) is 17.0. The van der Waals surface area contributed by atoms with E-state index in [-0.39, 0.29) is 5.91 Å². The van der Waals surface area contributed by atoms with Crippen molar-refractivity contribution in [1.82, 2.24) is 9.80 Å². The van der Waals surface area contributed by atoms with Gasteiger partial charge in [0.05, 0.1) is 37.7 Å². The second-order valence-electron chi connectivity index (χ2n) is 6.96. The lowest BCUT2D eigenvalue weighted by Gasteiger charge is -2.29. The standard InChI is InChI=1S/C22H27N3O3S/c1-17-20(18-4-6-19(27-2)7-5-18)16-21(29-17)22(26)25(9-3-8-23)11-10-24-12-14-28-15-13-24/h4-7,16H,3,9-15H2,1-2H3. The van der Waals surface area contributed by atoms with Gasteiger partial charge < -0.3 is 14.4 Å². The molecule has 7 heteroatoms. The van der Waals surface area contributed by atoms with E-state index in [2.05, 4.69) is 11.0 Å². The van der Waals surface area contributed by atoms with Crippen molar-refractivity contribution in [2.75, 3.05) is 53.0 Å². The number of carbonyl (C=O) groups is 1. The van der Waals surface area contributed by atoms with Crippen LogP contribution in [-0.4, -0.2) is 68.8 Å². The summed E-state index contributed by atoms with van der Waals surface area (Å²) in [5.74, 6) is 0.810. The zero-order valence-corrected chi connectivity index (χ0v) is 17.8. The van der Waals surface area contributed by atoms with Crippen molar-refractivity contribution in [3.63, 3.8) is 0 Å². The number of nitriles is 1. The lowest BCUT2D eigenvalue weighted by Crippen LogP contribution is -2.43. The van der Waals surface area contributed by atoms with Crippen molar-refractivity contribution in [2.45, 2.75) is 13.3 Å². The van der Waals surface area contributed by atoms with Crippen LogP contribution in [0.3, 0.4) is 0 Å². The van der Waals surface area contributed by atoms with Crippen LogP contribution in [0.2, 0.25) is 0 Å². The number of aryl methyl sites for hydroxylation is 1. The first kappa shape index (κ1) is 21.3. The fourth-order valence-corrected chi connectivity index (χ4v) is 4.40. The third-order valence-corrected chi connectivity index (χ3v) is 6.14. The predicted octanol–water partition coefficient (Wildman–Crippen LogP) is 3.42. The molecule has 1 amide bonds. The molecular weight excluding hydrogens is 386 g/mol. The normalized spacial score (nSPS) is 14.4. The third kappa shape index (κ3) is 5.57. The number of carbonyl (C=O) groups excluding carboxylic acids is 1. The van der Waals surface area contributed by atoms with Crippen LogP contribution in [0.4, 0.5) is 0 Å². The van der Waals surface area contributed by atoms with Crippen LogP contribution in [0.25, 0.3) is 11.1 Å². The van der Waals surface area contributed by atoms with E-state index in [9.17, 15) is 4.79 Å². The maximum Gasteiger partial charge on any atom is 0.264 e. The molecule has 0 saturated carbocycles. The maximum absolute atomic E-state index is 13.2. The average Bonchev–Trinajstić information content (AvgIpc) is 3.16. The smallest absolute Gasteiger partial charge is 0.264 e. The van der Waals surface area contributed by atoms with Crippen molar-refractivity contribution in [3.05, 3.63) is 40.1 Å². The molecule has 29 heavy (non-hydrogen) atoms. The highest BCUT2D eigenvalue weighted by Crippen LogP contribution is 2.32. The predicted molar refractivity (Wildman–Crippen MR) is 114 cm³/mol. The number of hydrogen-bond acceptors (Lipinski definition) is 6. The minimum Gasteiger partial charge on any atom is -0.497 e. The summed E-state index contributed by atoms with van der Waals surface area (Å²) in [4.78, 5) is 19.1. The van der Waals surface area contributed by atoms with Crippen LogP contribution in [0.15, 0.2) is 30.3 Å². The highest BCUT2D eigenvalue weighted by atomic mass is 32.1. The van der Waals surface area contributed by atoms with E-state index in [0.29, 0.717) is 24.4 Å². The Bertz CT molecular complexity index is 851. The first-order valence-corrected chi connectivity index (χ1v) is 10.6. The molecule has 1 aliphatic heterocycles. The Balaban J connectivity index is 1.73. The monoisotopic (exact) mass is 413 g/mol. The van der Waals surface area contributed by atoms with Gasteiger partial charge in [0.2, 0.25) is 0 Å². The summed E-state index contributed by atoms with van der Waals surface area (Å²) in [6, 6.07) is 12.0. The maximum atomic E-state index is 13.2. The molecule has 1 aromatic carbocycles. The number of benzene rings is 1. The van der Waals surface area contributed by atoms with Crippen LogP contribution in [0.1, 0.15) is 21.0 Å². The first-order chi connectivity index (χ1) is 14.1. The lowest BCUT2D eigenvalue weighted by atomic mass is 10.1. The molecule has 1 fully saturated rings. The second kappa shape index (κ2) is 10.4. The molecule has 1 aliphatic rings. The van der Waals surface area contributed by atoms with Gasteiger partial charge in [-0.05, 0) is 36.2 Å². The van der Waals surface area contributed by atoms with E-state index in [1.165, 1.54) is 11.3 Å². The molecule has 0 radical (unpaired) electrons. The van der Waals surface area contributed by atoms with Gasteiger partial charge in [0.25, 0.3) is 5.91 Å². The van der Waals surface area contributed by atoms with E-state index in [1.807, 2.05) is 42.2 Å². The van der Waals surface area contributed by atoms with Crippen LogP contribution in [0, 0.1) is 18.3 Å². The number of methoxy groups -OCH3 is 1. The highest BCUT2D eigenvalue weighted by molar-refractivity contribution is 7.14. The molecule has 0 bridgehead atoms. The summed E-state index contributed by atoms with van der Waals surface area (Å²) in [6.45, 7) is 7.16. The Morgan fingerprint density at radius 1 is 1.28 bits per heavy atom. The van der Waals surface area contributed by atoms with Crippen molar-refractivity contribution >= 4 is 17.2 Å². The number of thiophene rings is 1. The summed E-state index contributed by atoms with van der Waals surface area (Å²) in [7, 11) is 1.65. The number of amides is 1. The molecule has 2 aromatic rings. The fourth-order valence-electron chi connectivity index (χ4n) is 3.39. The molecule has 1 saturated heterocycles. The van der Waals surface area contributed by atoms with Crippen molar-refractivity contribution in [1.29, 1.82) is 5.26 Å². The summed E-state index contributed by atoms with van der Waals surface area (Å²) in [5, 5.41) is 9.00. The molecule has 0 atom stereocenters. The van der Waals surface area contributed by atoms with Gasteiger partial charge in [-0.2, -0.15) is 5.26 Å². The number of nitrogens with zero attached hydrogens (tertiary/aromatic N) is 3. The Kier molecular flexibility index (Phi) is 7.64. The van der Waals surface area contributed by atoms with E-state index in [0.717, 1.165) is 54.6 Å². The van der Waals surface area contributed by atoms with Crippen molar-refractivity contribution in [2.24, 2.45) is 0 Å². The van der Waals surface area contributed by atoms with Gasteiger partial charge in [-0.15, -0.1) is 11.3 Å². The van der Waals surface area contributed by atoms with Gasteiger partial charge in [0, 0.05) is 37.6 Å². The minimum atomic E-state index is 0.00127. The average molecular weight is 414 g/mol.